The number of benzene rings is 2. The SMILES string of the molecule is Cc1ccc(F)cc1S(=O)(=O)CNCCCC(=O)N(C)CCc1ccc(C2=NCCN2)cc1. The minimum absolute atomic E-state index is 0.00802. The summed E-state index contributed by atoms with van der Waals surface area (Å²) in [5.74, 6) is 0.0752. The van der Waals surface area contributed by atoms with Crippen LogP contribution in [0.1, 0.15) is 29.5 Å². The van der Waals surface area contributed by atoms with Gasteiger partial charge in [-0.05, 0) is 49.6 Å². The van der Waals surface area contributed by atoms with Crippen LogP contribution in [0.15, 0.2) is 52.4 Å². The van der Waals surface area contributed by atoms with Crippen LogP contribution in [0, 0.1) is 12.7 Å². The minimum Gasteiger partial charge on any atom is -0.368 e. The highest BCUT2D eigenvalue weighted by Crippen LogP contribution is 2.17. The van der Waals surface area contributed by atoms with E-state index in [-0.39, 0.29) is 16.7 Å². The lowest BCUT2D eigenvalue weighted by Gasteiger charge is -2.17. The lowest BCUT2D eigenvalue weighted by atomic mass is 10.1. The number of halogens is 1. The van der Waals surface area contributed by atoms with Gasteiger partial charge in [-0.25, -0.2) is 12.8 Å². The van der Waals surface area contributed by atoms with Crippen molar-refractivity contribution in [3.8, 4) is 0 Å². The number of hydrogen-bond acceptors (Lipinski definition) is 6. The number of nitrogens with zero attached hydrogens (tertiary/aromatic N) is 2. The summed E-state index contributed by atoms with van der Waals surface area (Å²) in [6.45, 7) is 4.31. The largest absolute Gasteiger partial charge is 0.368 e. The van der Waals surface area contributed by atoms with Crippen molar-refractivity contribution in [2.24, 2.45) is 4.99 Å². The smallest absolute Gasteiger partial charge is 0.222 e. The van der Waals surface area contributed by atoms with E-state index >= 15 is 0 Å². The Kier molecular flexibility index (Phi) is 8.57. The van der Waals surface area contributed by atoms with Gasteiger partial charge in [0.15, 0.2) is 9.84 Å². The molecule has 0 bridgehead atoms. The van der Waals surface area contributed by atoms with Crippen molar-refractivity contribution in [2.45, 2.75) is 31.1 Å². The first kappa shape index (κ1) is 24.9. The summed E-state index contributed by atoms with van der Waals surface area (Å²) in [5, 5.41) is 6.11. The third kappa shape index (κ3) is 7.10. The van der Waals surface area contributed by atoms with Gasteiger partial charge in [0, 0.05) is 32.1 Å². The van der Waals surface area contributed by atoms with Crippen LogP contribution in [-0.4, -0.2) is 64.2 Å². The molecule has 2 aromatic rings. The number of nitrogens with one attached hydrogen (secondary N) is 2. The Morgan fingerprint density at radius 3 is 2.67 bits per heavy atom. The summed E-state index contributed by atoms with van der Waals surface area (Å²) < 4.78 is 38.2. The molecule has 0 saturated heterocycles. The van der Waals surface area contributed by atoms with Gasteiger partial charge < -0.3 is 15.5 Å². The van der Waals surface area contributed by atoms with E-state index in [0.717, 1.165) is 42.5 Å². The van der Waals surface area contributed by atoms with E-state index in [4.69, 9.17) is 0 Å². The molecule has 0 spiro atoms. The van der Waals surface area contributed by atoms with E-state index in [2.05, 4.69) is 27.8 Å². The van der Waals surface area contributed by atoms with E-state index in [1.54, 1.807) is 18.9 Å². The van der Waals surface area contributed by atoms with E-state index < -0.39 is 15.7 Å². The van der Waals surface area contributed by atoms with E-state index in [1.807, 2.05) is 12.1 Å². The first-order valence-corrected chi connectivity index (χ1v) is 12.7. The van der Waals surface area contributed by atoms with E-state index in [0.29, 0.717) is 31.5 Å². The number of likely N-dealkylation sites (N-methyl/N-ethyl adjacent to an activating group) is 1. The van der Waals surface area contributed by atoms with Gasteiger partial charge in [0.1, 0.15) is 17.5 Å². The molecule has 0 unspecified atom stereocenters. The number of aryl methyl sites for hydroxylation is 1. The van der Waals surface area contributed by atoms with E-state index in [1.165, 1.54) is 12.1 Å². The van der Waals surface area contributed by atoms with Gasteiger partial charge in [-0.3, -0.25) is 9.79 Å². The average Bonchev–Trinajstić information content (AvgIpc) is 3.34. The maximum Gasteiger partial charge on any atom is 0.222 e. The number of sulfone groups is 1. The molecular weight excluding hydrogens is 443 g/mol. The zero-order valence-corrected chi connectivity index (χ0v) is 19.9. The highest BCUT2D eigenvalue weighted by molar-refractivity contribution is 7.91. The van der Waals surface area contributed by atoms with Crippen LogP contribution in [0.3, 0.4) is 0 Å². The summed E-state index contributed by atoms with van der Waals surface area (Å²) >= 11 is 0. The van der Waals surface area contributed by atoms with Crippen LogP contribution in [0.5, 0.6) is 0 Å². The second-order valence-electron chi connectivity index (χ2n) is 8.19. The molecule has 33 heavy (non-hydrogen) atoms. The summed E-state index contributed by atoms with van der Waals surface area (Å²) in [4.78, 5) is 18.5. The Morgan fingerprint density at radius 2 is 1.97 bits per heavy atom. The molecule has 0 radical (unpaired) electrons. The number of hydrogen-bond donors (Lipinski definition) is 2. The van der Waals surface area contributed by atoms with Crippen molar-refractivity contribution < 1.29 is 17.6 Å². The lowest BCUT2D eigenvalue weighted by Crippen LogP contribution is -2.30. The van der Waals surface area contributed by atoms with Gasteiger partial charge >= 0.3 is 0 Å². The zero-order chi connectivity index (χ0) is 23.8. The third-order valence-electron chi connectivity index (χ3n) is 5.58. The summed E-state index contributed by atoms with van der Waals surface area (Å²) in [7, 11) is -1.86. The van der Waals surface area contributed by atoms with Crippen molar-refractivity contribution in [1.29, 1.82) is 0 Å². The summed E-state index contributed by atoms with van der Waals surface area (Å²) in [5.41, 5.74) is 2.73. The van der Waals surface area contributed by atoms with Crippen molar-refractivity contribution in [2.75, 3.05) is 39.1 Å². The highest BCUT2D eigenvalue weighted by atomic mass is 32.2. The van der Waals surface area contributed by atoms with Gasteiger partial charge in [0.25, 0.3) is 0 Å². The molecule has 9 heteroatoms. The summed E-state index contributed by atoms with van der Waals surface area (Å²) in [6, 6.07) is 11.9. The molecule has 0 aromatic heterocycles. The number of aliphatic imine (C=N–C) groups is 1. The van der Waals surface area contributed by atoms with Gasteiger partial charge in [-0.1, -0.05) is 30.3 Å². The molecule has 0 atom stereocenters. The molecule has 1 aliphatic rings. The maximum atomic E-state index is 13.4. The van der Waals surface area contributed by atoms with Crippen LogP contribution >= 0.6 is 0 Å². The molecular formula is C24H31FN4O3S. The van der Waals surface area contributed by atoms with Crippen LogP contribution in [0.25, 0.3) is 0 Å². The van der Waals surface area contributed by atoms with Crippen molar-refractivity contribution >= 4 is 21.6 Å². The second-order valence-corrected chi connectivity index (χ2v) is 10.1. The Labute approximate surface area is 195 Å². The van der Waals surface area contributed by atoms with Gasteiger partial charge in [0.05, 0.1) is 11.4 Å². The Balaban J connectivity index is 1.36. The topological polar surface area (TPSA) is 90.9 Å². The first-order valence-electron chi connectivity index (χ1n) is 11.1. The molecule has 0 saturated carbocycles. The normalized spacial score (nSPS) is 13.5. The van der Waals surface area contributed by atoms with Crippen LogP contribution in [-0.2, 0) is 21.1 Å². The molecule has 2 N–H and O–H groups in total. The number of rotatable bonds is 11. The number of carbonyl (C=O) groups excluding carboxylic acids is 1. The maximum absolute atomic E-state index is 13.4. The zero-order valence-electron chi connectivity index (χ0n) is 19.1. The van der Waals surface area contributed by atoms with Gasteiger partial charge in [0.2, 0.25) is 5.91 Å². The molecule has 7 nitrogen and oxygen atoms in total. The Bertz CT molecular complexity index is 1100. The van der Waals surface area contributed by atoms with Crippen molar-refractivity contribution in [3.05, 3.63) is 65.0 Å². The molecule has 178 valence electrons. The monoisotopic (exact) mass is 474 g/mol. The standard InChI is InChI=1S/C24H31FN4O3S/c1-18-5-10-21(25)16-22(18)33(31,32)17-26-12-3-4-23(30)29(2)15-11-19-6-8-20(9-7-19)24-27-13-14-28-24/h5-10,16,26H,3-4,11-15,17H2,1-2H3,(H,27,28). The molecule has 1 aliphatic heterocycles. The average molecular weight is 475 g/mol. The molecule has 3 rings (SSSR count). The van der Waals surface area contributed by atoms with E-state index in [9.17, 15) is 17.6 Å². The minimum atomic E-state index is -3.64. The van der Waals surface area contributed by atoms with Crippen LogP contribution in [0.2, 0.25) is 0 Å². The van der Waals surface area contributed by atoms with Crippen LogP contribution < -0.4 is 10.6 Å². The fourth-order valence-electron chi connectivity index (χ4n) is 3.59. The number of amides is 1. The fraction of sp³-hybridized carbons (Fsp3) is 0.417. The predicted octanol–water partition coefficient (Wildman–Crippen LogP) is 2.29. The molecule has 2 aromatic carbocycles. The number of carbonyl (C=O) groups is 1. The van der Waals surface area contributed by atoms with Crippen molar-refractivity contribution in [3.63, 3.8) is 0 Å². The third-order valence-corrected chi connectivity index (χ3v) is 7.28. The van der Waals surface area contributed by atoms with Gasteiger partial charge in [-0.15, -0.1) is 0 Å². The Hall–Kier alpha value is -2.78. The molecule has 1 amide bonds. The Morgan fingerprint density at radius 1 is 1.21 bits per heavy atom. The fourth-order valence-corrected chi connectivity index (χ4v) is 5.01. The molecule has 1 heterocycles. The number of amidine groups is 1. The van der Waals surface area contributed by atoms with Crippen LogP contribution in [0.4, 0.5) is 4.39 Å². The lowest BCUT2D eigenvalue weighted by molar-refractivity contribution is -0.129. The predicted molar refractivity (Wildman–Crippen MR) is 128 cm³/mol. The first-order chi connectivity index (χ1) is 15.8. The van der Waals surface area contributed by atoms with Gasteiger partial charge in [-0.2, -0.15) is 0 Å². The molecule has 0 aliphatic carbocycles. The molecule has 0 fully saturated rings. The summed E-state index contributed by atoms with van der Waals surface area (Å²) in [6.07, 6.45) is 1.60. The second kappa shape index (κ2) is 11.4. The van der Waals surface area contributed by atoms with Crippen molar-refractivity contribution in [1.82, 2.24) is 15.5 Å². The highest BCUT2D eigenvalue weighted by Gasteiger charge is 2.17. The quantitative estimate of drug-likeness (QED) is 0.488.